The summed E-state index contributed by atoms with van der Waals surface area (Å²) in [6, 6.07) is 15.6. The van der Waals surface area contributed by atoms with Gasteiger partial charge in [0.15, 0.2) is 0 Å². The first kappa shape index (κ1) is 16.0. The van der Waals surface area contributed by atoms with Crippen molar-refractivity contribution in [3.63, 3.8) is 0 Å². The van der Waals surface area contributed by atoms with E-state index < -0.39 is 0 Å². The molecule has 0 saturated heterocycles. The van der Waals surface area contributed by atoms with E-state index in [9.17, 15) is 4.79 Å². The number of nitrogens with two attached hydrogens (primary N) is 1. The van der Waals surface area contributed by atoms with Crippen LogP contribution in [0.1, 0.15) is 24.0 Å². The molecule has 2 rings (SSSR count). The molecule has 0 saturated carbocycles. The average molecular weight is 298 g/mol. The lowest BCUT2D eigenvalue weighted by Gasteiger charge is -2.12. The van der Waals surface area contributed by atoms with Gasteiger partial charge in [-0.2, -0.15) is 0 Å². The van der Waals surface area contributed by atoms with Crippen molar-refractivity contribution in [1.29, 1.82) is 0 Å². The maximum absolute atomic E-state index is 11.7. The lowest BCUT2D eigenvalue weighted by atomic mass is 10.2. The highest BCUT2D eigenvalue weighted by Crippen LogP contribution is 2.25. The number of amides is 1. The van der Waals surface area contributed by atoms with Gasteiger partial charge in [0.05, 0.1) is 0 Å². The summed E-state index contributed by atoms with van der Waals surface area (Å²) in [5.41, 5.74) is 7.50. The van der Waals surface area contributed by atoms with Crippen LogP contribution < -0.4 is 15.8 Å². The van der Waals surface area contributed by atoms with Gasteiger partial charge in [0.1, 0.15) is 11.5 Å². The van der Waals surface area contributed by atoms with Gasteiger partial charge in [-0.1, -0.05) is 30.3 Å². The Bertz CT molecular complexity index is 626. The Morgan fingerprint density at radius 1 is 1.18 bits per heavy atom. The molecule has 0 aliphatic carbocycles. The van der Waals surface area contributed by atoms with E-state index in [0.717, 1.165) is 22.6 Å². The molecule has 0 spiro atoms. The summed E-state index contributed by atoms with van der Waals surface area (Å²) < 4.78 is 5.93. The number of aryl methyl sites for hydroxylation is 1. The fourth-order valence-electron chi connectivity index (χ4n) is 2.10. The first-order valence-electron chi connectivity index (χ1n) is 7.48. The highest BCUT2D eigenvalue weighted by molar-refractivity contribution is 5.75. The Labute approximate surface area is 131 Å². The van der Waals surface area contributed by atoms with Crippen molar-refractivity contribution in [1.82, 2.24) is 5.32 Å². The van der Waals surface area contributed by atoms with Crippen LogP contribution in [-0.2, 0) is 11.3 Å². The number of carbonyl (C=O) groups is 1. The lowest BCUT2D eigenvalue weighted by Crippen LogP contribution is -2.23. The van der Waals surface area contributed by atoms with Crippen molar-refractivity contribution in [2.75, 3.05) is 6.54 Å². The first-order valence-corrected chi connectivity index (χ1v) is 7.48. The molecule has 0 aliphatic heterocycles. The van der Waals surface area contributed by atoms with E-state index in [4.69, 9.17) is 10.5 Å². The van der Waals surface area contributed by atoms with Gasteiger partial charge in [-0.15, -0.1) is 0 Å². The third-order valence-corrected chi connectivity index (χ3v) is 3.27. The Morgan fingerprint density at radius 2 is 2.00 bits per heavy atom. The van der Waals surface area contributed by atoms with Crippen LogP contribution in [0.3, 0.4) is 0 Å². The van der Waals surface area contributed by atoms with Gasteiger partial charge in [-0.25, -0.2) is 0 Å². The molecule has 1 amide bonds. The maximum atomic E-state index is 11.7. The van der Waals surface area contributed by atoms with Crippen molar-refractivity contribution < 1.29 is 9.53 Å². The molecule has 3 N–H and O–H groups in total. The summed E-state index contributed by atoms with van der Waals surface area (Å²) in [6.45, 7) is 3.00. The number of hydrogen-bond acceptors (Lipinski definition) is 3. The zero-order valence-electron chi connectivity index (χ0n) is 12.8. The molecule has 0 atom stereocenters. The number of ether oxygens (including phenoxy) is 1. The molecule has 2 aromatic carbocycles. The Hall–Kier alpha value is -2.33. The monoisotopic (exact) mass is 298 g/mol. The van der Waals surface area contributed by atoms with Gasteiger partial charge in [0, 0.05) is 18.5 Å². The zero-order chi connectivity index (χ0) is 15.8. The lowest BCUT2D eigenvalue weighted by molar-refractivity contribution is -0.121. The fraction of sp³-hybridized carbons (Fsp3) is 0.278. The van der Waals surface area contributed by atoms with E-state index in [0.29, 0.717) is 25.9 Å². The molecule has 0 radical (unpaired) electrons. The summed E-state index contributed by atoms with van der Waals surface area (Å²) in [6.07, 6.45) is 1.16. The van der Waals surface area contributed by atoms with Gasteiger partial charge in [-0.05, 0) is 43.7 Å². The first-order chi connectivity index (χ1) is 10.7. The van der Waals surface area contributed by atoms with Crippen molar-refractivity contribution in [3.05, 3.63) is 59.7 Å². The van der Waals surface area contributed by atoms with Gasteiger partial charge in [-0.3, -0.25) is 4.79 Å². The average Bonchev–Trinajstić information content (AvgIpc) is 2.52. The van der Waals surface area contributed by atoms with Crippen LogP contribution in [0.25, 0.3) is 0 Å². The van der Waals surface area contributed by atoms with Crippen molar-refractivity contribution >= 4 is 5.91 Å². The topological polar surface area (TPSA) is 64.3 Å². The van der Waals surface area contributed by atoms with Crippen molar-refractivity contribution in [2.45, 2.75) is 26.3 Å². The maximum Gasteiger partial charge on any atom is 0.220 e. The second-order valence-corrected chi connectivity index (χ2v) is 5.20. The van der Waals surface area contributed by atoms with E-state index >= 15 is 0 Å². The van der Waals surface area contributed by atoms with Crippen LogP contribution in [0.4, 0.5) is 0 Å². The molecule has 4 nitrogen and oxygen atoms in total. The minimum Gasteiger partial charge on any atom is -0.457 e. The predicted molar refractivity (Wildman–Crippen MR) is 87.8 cm³/mol. The summed E-state index contributed by atoms with van der Waals surface area (Å²) in [5, 5.41) is 2.90. The number of rotatable bonds is 7. The zero-order valence-corrected chi connectivity index (χ0v) is 12.8. The van der Waals surface area contributed by atoms with Gasteiger partial charge >= 0.3 is 0 Å². The third-order valence-electron chi connectivity index (χ3n) is 3.27. The van der Waals surface area contributed by atoms with Gasteiger partial charge < -0.3 is 15.8 Å². The Balaban J connectivity index is 2.02. The fourth-order valence-corrected chi connectivity index (χ4v) is 2.10. The smallest absolute Gasteiger partial charge is 0.220 e. The molecule has 2 aromatic rings. The van der Waals surface area contributed by atoms with E-state index in [1.165, 1.54) is 0 Å². The second kappa shape index (κ2) is 8.20. The van der Waals surface area contributed by atoms with Crippen LogP contribution in [-0.4, -0.2) is 12.5 Å². The number of para-hydroxylation sites is 1. The normalized spacial score (nSPS) is 10.3. The van der Waals surface area contributed by atoms with E-state index in [1.807, 2.05) is 55.5 Å². The van der Waals surface area contributed by atoms with Gasteiger partial charge in [0.25, 0.3) is 0 Å². The minimum absolute atomic E-state index is 0.0100. The van der Waals surface area contributed by atoms with Crippen molar-refractivity contribution in [2.24, 2.45) is 5.73 Å². The van der Waals surface area contributed by atoms with E-state index in [2.05, 4.69) is 5.32 Å². The number of hydrogen-bond donors (Lipinski definition) is 2. The molecular weight excluding hydrogens is 276 g/mol. The Kier molecular flexibility index (Phi) is 5.98. The Morgan fingerprint density at radius 3 is 2.77 bits per heavy atom. The predicted octanol–water partition coefficient (Wildman–Crippen LogP) is 3.14. The summed E-state index contributed by atoms with van der Waals surface area (Å²) in [7, 11) is 0. The highest BCUT2D eigenvalue weighted by atomic mass is 16.5. The highest BCUT2D eigenvalue weighted by Gasteiger charge is 2.06. The SMILES string of the molecule is Cc1cccc(Oc2ccccc2CNC(=O)CCCN)c1. The largest absolute Gasteiger partial charge is 0.457 e. The molecule has 22 heavy (non-hydrogen) atoms. The molecular formula is C18H22N2O2. The quantitative estimate of drug-likeness (QED) is 0.825. The summed E-state index contributed by atoms with van der Waals surface area (Å²) >= 11 is 0. The van der Waals surface area contributed by atoms with E-state index in [-0.39, 0.29) is 5.91 Å². The van der Waals surface area contributed by atoms with Crippen LogP contribution in [0, 0.1) is 6.92 Å². The van der Waals surface area contributed by atoms with Crippen molar-refractivity contribution in [3.8, 4) is 11.5 Å². The third kappa shape index (κ3) is 4.90. The molecule has 0 aromatic heterocycles. The summed E-state index contributed by atoms with van der Waals surface area (Å²) in [5.74, 6) is 1.56. The van der Waals surface area contributed by atoms with Crippen LogP contribution in [0.5, 0.6) is 11.5 Å². The second-order valence-electron chi connectivity index (χ2n) is 5.20. The molecule has 0 bridgehead atoms. The number of carbonyl (C=O) groups excluding carboxylic acids is 1. The van der Waals surface area contributed by atoms with Gasteiger partial charge in [0.2, 0.25) is 5.91 Å². The molecule has 0 fully saturated rings. The van der Waals surface area contributed by atoms with Crippen LogP contribution >= 0.6 is 0 Å². The summed E-state index contributed by atoms with van der Waals surface area (Å²) in [4.78, 5) is 11.7. The molecule has 116 valence electrons. The molecule has 4 heteroatoms. The number of benzene rings is 2. The van der Waals surface area contributed by atoms with Crippen LogP contribution in [0.15, 0.2) is 48.5 Å². The molecule has 0 aliphatic rings. The van der Waals surface area contributed by atoms with Crippen LogP contribution in [0.2, 0.25) is 0 Å². The van der Waals surface area contributed by atoms with E-state index in [1.54, 1.807) is 0 Å². The standard InChI is InChI=1S/C18H22N2O2/c1-14-6-4-8-16(12-14)22-17-9-3-2-7-15(17)13-20-18(21)10-5-11-19/h2-4,6-9,12H,5,10-11,13,19H2,1H3,(H,20,21). The molecule has 0 unspecified atom stereocenters. The minimum atomic E-state index is 0.0100. The number of nitrogens with one attached hydrogen (secondary N) is 1. The molecule has 0 heterocycles.